The number of carbonyl (C=O) groups is 1. The van der Waals surface area contributed by atoms with Crippen molar-refractivity contribution in [3.63, 3.8) is 0 Å². The molecule has 1 aliphatic rings. The Morgan fingerprint density at radius 2 is 1.82 bits per heavy atom. The van der Waals surface area contributed by atoms with E-state index in [-0.39, 0.29) is 20.4 Å². The molecule has 0 spiro atoms. The third kappa shape index (κ3) is 4.85. The van der Waals surface area contributed by atoms with E-state index in [0.717, 1.165) is 56.3 Å². The van der Waals surface area contributed by atoms with Gasteiger partial charge in [0.05, 0.1) is 0 Å². The molecule has 124 valence electrons. The van der Waals surface area contributed by atoms with Crippen LogP contribution in [0.3, 0.4) is 0 Å². The van der Waals surface area contributed by atoms with Crippen molar-refractivity contribution in [1.29, 1.82) is 0 Å². The first kappa shape index (κ1) is 17.6. The minimum absolute atomic E-state index is 0.102. The Hall–Kier alpha value is -0.801. The number of hydrogen-bond acceptors (Lipinski definition) is 3. The Morgan fingerprint density at radius 1 is 1.18 bits per heavy atom. The van der Waals surface area contributed by atoms with E-state index >= 15 is 0 Å². The van der Waals surface area contributed by atoms with Crippen LogP contribution in [0.25, 0.3) is 0 Å². The Kier molecular flexibility index (Phi) is 7.47. The third-order valence-electron chi connectivity index (χ3n) is 4.18. The number of anilines is 1. The monoisotopic (exact) mass is 371 g/mol. The van der Waals surface area contributed by atoms with Crippen LogP contribution in [0.2, 0.25) is 0 Å². The van der Waals surface area contributed by atoms with Gasteiger partial charge in [-0.15, -0.1) is 0 Å². The van der Waals surface area contributed by atoms with Gasteiger partial charge in [0.15, 0.2) is 0 Å². The van der Waals surface area contributed by atoms with Crippen LogP contribution in [0, 0.1) is 0 Å². The van der Waals surface area contributed by atoms with Crippen LogP contribution < -0.4 is 4.90 Å². The zero-order valence-electron chi connectivity index (χ0n) is 14.0. The summed E-state index contributed by atoms with van der Waals surface area (Å²) in [4.78, 5) is 21.8. The number of hydrogen-bond donors (Lipinski definition) is 0. The van der Waals surface area contributed by atoms with Crippen molar-refractivity contribution in [2.24, 2.45) is 0 Å². The van der Waals surface area contributed by atoms with Crippen LogP contribution in [-0.4, -0.2) is 56.5 Å². The Bertz CT molecular complexity index is 447. The zero-order valence-corrected chi connectivity index (χ0v) is 15.7. The number of rotatable bonds is 8. The van der Waals surface area contributed by atoms with Crippen molar-refractivity contribution in [2.45, 2.75) is 58.8 Å². The fourth-order valence-electron chi connectivity index (χ4n) is 2.76. The maximum absolute atomic E-state index is 12.8. The molecule has 0 N–H and O–H groups in total. The second kappa shape index (κ2) is 9.36. The van der Waals surface area contributed by atoms with Crippen molar-refractivity contribution in [3.05, 3.63) is 10.6 Å². The summed E-state index contributed by atoms with van der Waals surface area (Å²) in [5, 5.41) is 0. The molecule has 0 radical (unpaired) electrons. The molecule has 0 saturated carbocycles. The molecule has 0 aromatic carbocycles. The van der Waals surface area contributed by atoms with E-state index in [1.54, 1.807) is 0 Å². The minimum atomic E-state index is 0.102. The van der Waals surface area contributed by atoms with E-state index in [0.29, 0.717) is 0 Å². The number of carbonyl (C=O) groups excluding carboxylic acids is 1. The van der Waals surface area contributed by atoms with Crippen molar-refractivity contribution in [2.75, 3.05) is 31.1 Å². The summed E-state index contributed by atoms with van der Waals surface area (Å²) < 4.78 is 2.11. The maximum atomic E-state index is 12.8. The molecule has 0 bridgehead atoms. The summed E-state index contributed by atoms with van der Waals surface area (Å²) in [6.07, 6.45) is 10.2. The van der Waals surface area contributed by atoms with E-state index < -0.39 is 0 Å². The molecule has 1 aromatic rings. The summed E-state index contributed by atoms with van der Waals surface area (Å²) in [5.74, 6) is 0.234. The van der Waals surface area contributed by atoms with Gasteiger partial charge in [-0.05, 0) is 0 Å². The van der Waals surface area contributed by atoms with E-state index in [2.05, 4.69) is 28.6 Å². The molecule has 0 unspecified atom stereocenters. The van der Waals surface area contributed by atoms with Crippen LogP contribution in [0.5, 0.6) is 0 Å². The molecular formula is C17H29N3OSe. The molecule has 0 atom stereocenters. The first-order chi connectivity index (χ1) is 10.8. The molecule has 2 rings (SSSR count). The molecule has 1 aliphatic heterocycles. The van der Waals surface area contributed by atoms with Crippen LogP contribution in [0.15, 0.2) is 6.20 Å². The first-order valence-corrected chi connectivity index (χ1v) is 10.5. The Morgan fingerprint density at radius 3 is 2.41 bits per heavy atom. The second-order valence-corrected chi connectivity index (χ2v) is 8.17. The number of nitrogens with zero attached hydrogens (tertiary/aromatic N) is 3. The number of aromatic nitrogens is 1. The predicted octanol–water partition coefficient (Wildman–Crippen LogP) is 3.17. The van der Waals surface area contributed by atoms with Crippen LogP contribution in [0.1, 0.15) is 68.0 Å². The van der Waals surface area contributed by atoms with Gasteiger partial charge in [0, 0.05) is 0 Å². The van der Waals surface area contributed by atoms with E-state index in [4.69, 9.17) is 0 Å². The van der Waals surface area contributed by atoms with Gasteiger partial charge in [0.1, 0.15) is 0 Å². The summed E-state index contributed by atoms with van der Waals surface area (Å²) in [6, 6.07) is 0. The van der Waals surface area contributed by atoms with Gasteiger partial charge in [-0.3, -0.25) is 0 Å². The van der Waals surface area contributed by atoms with Gasteiger partial charge in [-0.25, -0.2) is 0 Å². The van der Waals surface area contributed by atoms with Gasteiger partial charge in [0.25, 0.3) is 0 Å². The predicted molar refractivity (Wildman–Crippen MR) is 93.0 cm³/mol. The first-order valence-electron chi connectivity index (χ1n) is 8.76. The van der Waals surface area contributed by atoms with E-state index in [9.17, 15) is 4.79 Å². The van der Waals surface area contributed by atoms with Gasteiger partial charge in [-0.2, -0.15) is 0 Å². The van der Waals surface area contributed by atoms with Crippen molar-refractivity contribution >= 4 is 25.1 Å². The van der Waals surface area contributed by atoms with Crippen molar-refractivity contribution < 1.29 is 4.79 Å². The SMILES string of the molecule is CCCCN(CCCC)C(=O)c1cnc(N2CCCCC2)[se]1. The topological polar surface area (TPSA) is 36.4 Å². The second-order valence-electron chi connectivity index (χ2n) is 6.05. The van der Waals surface area contributed by atoms with Crippen molar-refractivity contribution in [3.8, 4) is 0 Å². The standard InChI is InChI=1S/C17H29N3OSe/c1-3-5-10-19(11-6-4-2)16(21)15-14-18-17(22-15)20-12-8-7-9-13-20/h14H,3-13H2,1-2H3. The zero-order chi connectivity index (χ0) is 15.8. The molecule has 0 aliphatic carbocycles. The molecule has 1 fully saturated rings. The molecular weight excluding hydrogens is 341 g/mol. The van der Waals surface area contributed by atoms with Gasteiger partial charge in [0.2, 0.25) is 0 Å². The molecule has 2 heterocycles. The van der Waals surface area contributed by atoms with Crippen LogP contribution in [-0.2, 0) is 0 Å². The molecule has 1 saturated heterocycles. The normalized spacial score (nSPS) is 15.1. The third-order valence-corrected chi connectivity index (χ3v) is 6.38. The number of amides is 1. The van der Waals surface area contributed by atoms with Crippen LogP contribution in [0.4, 0.5) is 4.69 Å². The van der Waals surface area contributed by atoms with Crippen molar-refractivity contribution in [1.82, 2.24) is 9.88 Å². The Labute approximate surface area is 140 Å². The quantitative estimate of drug-likeness (QED) is 0.660. The fraction of sp³-hybridized carbons (Fsp3) is 0.765. The molecule has 4 nitrogen and oxygen atoms in total. The summed E-state index contributed by atoms with van der Waals surface area (Å²) >= 11 is 0.102. The fourth-order valence-corrected chi connectivity index (χ4v) is 4.73. The van der Waals surface area contributed by atoms with E-state index in [1.807, 2.05) is 6.20 Å². The van der Waals surface area contributed by atoms with Gasteiger partial charge in [-0.1, -0.05) is 0 Å². The number of piperidine rings is 1. The molecule has 5 heteroatoms. The average molecular weight is 370 g/mol. The summed E-state index contributed by atoms with van der Waals surface area (Å²) in [6.45, 7) is 8.37. The number of unbranched alkanes of at least 4 members (excludes halogenated alkanes) is 2. The Balaban J connectivity index is 2.00. The average Bonchev–Trinajstić information content (AvgIpc) is 3.05. The molecule has 1 amide bonds. The van der Waals surface area contributed by atoms with Gasteiger partial charge >= 0.3 is 140 Å². The van der Waals surface area contributed by atoms with E-state index in [1.165, 1.54) is 24.0 Å². The summed E-state index contributed by atoms with van der Waals surface area (Å²) in [5.41, 5.74) is 0. The molecule has 22 heavy (non-hydrogen) atoms. The summed E-state index contributed by atoms with van der Waals surface area (Å²) in [7, 11) is 0. The van der Waals surface area contributed by atoms with Gasteiger partial charge < -0.3 is 0 Å². The van der Waals surface area contributed by atoms with Crippen LogP contribution >= 0.6 is 0 Å². The molecule has 1 aromatic heterocycles.